The summed E-state index contributed by atoms with van der Waals surface area (Å²) in [4.78, 5) is 2.60. The van der Waals surface area contributed by atoms with E-state index in [-0.39, 0.29) is 0 Å². The Balaban J connectivity index is 1.58. The molecule has 3 heteroatoms. The van der Waals surface area contributed by atoms with Crippen LogP contribution in [0.3, 0.4) is 0 Å². The summed E-state index contributed by atoms with van der Waals surface area (Å²) < 4.78 is 0. The van der Waals surface area contributed by atoms with Crippen molar-refractivity contribution in [3.8, 4) is 0 Å². The van der Waals surface area contributed by atoms with Crippen molar-refractivity contribution in [1.82, 2.24) is 10.2 Å². The van der Waals surface area contributed by atoms with Crippen LogP contribution in [0.15, 0.2) is 30.3 Å². The molecule has 0 radical (unpaired) electrons. The number of likely N-dealkylation sites (tertiary alicyclic amines) is 1. The Labute approximate surface area is 148 Å². The van der Waals surface area contributed by atoms with E-state index in [0.29, 0.717) is 12.1 Å². The number of nitrogens with zero attached hydrogens (tertiary/aromatic N) is 1. The highest BCUT2D eigenvalue weighted by Crippen LogP contribution is 2.16. The van der Waals surface area contributed by atoms with Crippen LogP contribution in [0.1, 0.15) is 58.4 Å². The molecular formula is C21H36N2O. The largest absolute Gasteiger partial charge is 0.390 e. The van der Waals surface area contributed by atoms with Crippen molar-refractivity contribution < 1.29 is 5.11 Å². The van der Waals surface area contributed by atoms with Crippen LogP contribution in [0.5, 0.6) is 0 Å². The lowest BCUT2D eigenvalue weighted by molar-refractivity contribution is 0.0672. The predicted octanol–water partition coefficient (Wildman–Crippen LogP) is 3.61. The lowest BCUT2D eigenvalue weighted by Gasteiger charge is -2.34. The zero-order valence-electron chi connectivity index (χ0n) is 15.8. The third kappa shape index (κ3) is 7.78. The maximum absolute atomic E-state index is 9.79. The predicted molar refractivity (Wildman–Crippen MR) is 102 cm³/mol. The standard InChI is InChI=1S/C21H36N2O/c1-18(8-7-14-21(2,3)24)22-20-12-16-23(17-13-20)15-11-19-9-5-4-6-10-19/h4-6,9-10,18,20,22,24H,7-8,11-17H2,1-3H3/t18-/m0/s1. The van der Waals surface area contributed by atoms with Crippen molar-refractivity contribution in [1.29, 1.82) is 0 Å². The van der Waals surface area contributed by atoms with Crippen LogP contribution in [0.25, 0.3) is 0 Å². The Morgan fingerprint density at radius 1 is 1.21 bits per heavy atom. The number of nitrogens with one attached hydrogen (secondary N) is 1. The fraction of sp³-hybridized carbons (Fsp3) is 0.714. The van der Waals surface area contributed by atoms with Gasteiger partial charge < -0.3 is 15.3 Å². The van der Waals surface area contributed by atoms with E-state index in [0.717, 1.165) is 25.7 Å². The van der Waals surface area contributed by atoms with Crippen molar-refractivity contribution in [2.24, 2.45) is 0 Å². The van der Waals surface area contributed by atoms with Crippen LogP contribution in [-0.2, 0) is 6.42 Å². The second kappa shape index (κ2) is 9.55. The van der Waals surface area contributed by atoms with Gasteiger partial charge in [-0.1, -0.05) is 30.3 Å². The highest BCUT2D eigenvalue weighted by molar-refractivity contribution is 5.14. The van der Waals surface area contributed by atoms with Crippen molar-refractivity contribution in [2.75, 3.05) is 19.6 Å². The zero-order chi connectivity index (χ0) is 17.4. The molecule has 0 unspecified atom stereocenters. The van der Waals surface area contributed by atoms with Crippen molar-refractivity contribution >= 4 is 0 Å². The van der Waals surface area contributed by atoms with Gasteiger partial charge in [-0.05, 0) is 77.9 Å². The smallest absolute Gasteiger partial charge is 0.0591 e. The lowest BCUT2D eigenvalue weighted by Crippen LogP contribution is -2.45. The zero-order valence-corrected chi connectivity index (χ0v) is 15.8. The van der Waals surface area contributed by atoms with Crippen LogP contribution in [0.4, 0.5) is 0 Å². The topological polar surface area (TPSA) is 35.5 Å². The van der Waals surface area contributed by atoms with Crippen molar-refractivity contribution in [3.63, 3.8) is 0 Å². The van der Waals surface area contributed by atoms with E-state index >= 15 is 0 Å². The number of piperidine rings is 1. The molecule has 2 N–H and O–H groups in total. The minimum absolute atomic E-state index is 0.524. The van der Waals surface area contributed by atoms with Crippen LogP contribution in [-0.4, -0.2) is 47.3 Å². The van der Waals surface area contributed by atoms with Gasteiger partial charge in [0.15, 0.2) is 0 Å². The summed E-state index contributed by atoms with van der Waals surface area (Å²) in [6.45, 7) is 9.68. The van der Waals surface area contributed by atoms with E-state index in [1.807, 2.05) is 13.8 Å². The first kappa shape index (κ1) is 19.4. The molecule has 0 spiro atoms. The van der Waals surface area contributed by atoms with Crippen LogP contribution in [0.2, 0.25) is 0 Å². The van der Waals surface area contributed by atoms with Crippen LogP contribution >= 0.6 is 0 Å². The molecule has 0 saturated carbocycles. The van der Waals surface area contributed by atoms with Gasteiger partial charge in [-0.2, -0.15) is 0 Å². The SMILES string of the molecule is C[C@@H](CCCC(C)(C)O)NC1CCN(CCc2ccccc2)CC1. The van der Waals surface area contributed by atoms with Crippen molar-refractivity contribution in [3.05, 3.63) is 35.9 Å². The first-order chi connectivity index (χ1) is 11.4. The molecule has 1 aromatic carbocycles. The number of benzene rings is 1. The average molecular weight is 333 g/mol. The van der Waals surface area contributed by atoms with E-state index in [2.05, 4.69) is 47.5 Å². The third-order valence-electron chi connectivity index (χ3n) is 5.09. The second-order valence-corrected chi connectivity index (χ2v) is 8.12. The van der Waals surface area contributed by atoms with Crippen molar-refractivity contribution in [2.45, 2.75) is 77.0 Å². The van der Waals surface area contributed by atoms with Gasteiger partial charge >= 0.3 is 0 Å². The average Bonchev–Trinajstić information content (AvgIpc) is 2.54. The molecule has 0 bridgehead atoms. The molecule has 1 saturated heterocycles. The number of hydrogen-bond donors (Lipinski definition) is 2. The maximum Gasteiger partial charge on any atom is 0.0591 e. The maximum atomic E-state index is 9.79. The fourth-order valence-corrected chi connectivity index (χ4v) is 3.58. The molecule has 136 valence electrons. The Hall–Kier alpha value is -0.900. The molecule has 1 fully saturated rings. The highest BCUT2D eigenvalue weighted by atomic mass is 16.3. The normalized spacial score (nSPS) is 18.7. The van der Waals surface area contributed by atoms with Crippen LogP contribution in [0, 0.1) is 0 Å². The van der Waals surface area contributed by atoms with Crippen LogP contribution < -0.4 is 5.32 Å². The molecule has 0 aromatic heterocycles. The lowest BCUT2D eigenvalue weighted by atomic mass is 9.98. The van der Waals surface area contributed by atoms with Gasteiger partial charge in [0.1, 0.15) is 0 Å². The van der Waals surface area contributed by atoms with Gasteiger partial charge in [0.2, 0.25) is 0 Å². The van der Waals surface area contributed by atoms with E-state index < -0.39 is 5.60 Å². The molecule has 1 aromatic rings. The molecule has 1 atom stereocenters. The molecular weight excluding hydrogens is 296 g/mol. The molecule has 1 aliphatic rings. The summed E-state index contributed by atoms with van der Waals surface area (Å²) in [6.07, 6.45) is 6.80. The van der Waals surface area contributed by atoms with Gasteiger partial charge in [-0.15, -0.1) is 0 Å². The second-order valence-electron chi connectivity index (χ2n) is 8.12. The molecule has 24 heavy (non-hydrogen) atoms. The Bertz CT molecular complexity index is 447. The molecule has 1 heterocycles. The first-order valence-electron chi connectivity index (χ1n) is 9.67. The summed E-state index contributed by atoms with van der Waals surface area (Å²) in [5.41, 5.74) is 0.919. The Kier molecular flexibility index (Phi) is 7.73. The van der Waals surface area contributed by atoms with E-state index in [1.54, 1.807) is 0 Å². The number of hydrogen-bond acceptors (Lipinski definition) is 3. The highest BCUT2D eigenvalue weighted by Gasteiger charge is 2.20. The minimum Gasteiger partial charge on any atom is -0.390 e. The summed E-state index contributed by atoms with van der Waals surface area (Å²) in [6, 6.07) is 12.0. The van der Waals surface area contributed by atoms with Gasteiger partial charge in [0.25, 0.3) is 0 Å². The summed E-state index contributed by atoms with van der Waals surface area (Å²) in [5, 5.41) is 13.6. The first-order valence-corrected chi connectivity index (χ1v) is 9.67. The molecule has 3 nitrogen and oxygen atoms in total. The van der Waals surface area contributed by atoms with Gasteiger partial charge in [0, 0.05) is 18.6 Å². The fourth-order valence-electron chi connectivity index (χ4n) is 3.58. The summed E-state index contributed by atoms with van der Waals surface area (Å²) >= 11 is 0. The monoisotopic (exact) mass is 332 g/mol. The third-order valence-corrected chi connectivity index (χ3v) is 5.09. The minimum atomic E-state index is -0.524. The summed E-state index contributed by atoms with van der Waals surface area (Å²) in [5.74, 6) is 0. The van der Waals surface area contributed by atoms with Gasteiger partial charge in [-0.3, -0.25) is 0 Å². The summed E-state index contributed by atoms with van der Waals surface area (Å²) in [7, 11) is 0. The van der Waals surface area contributed by atoms with Gasteiger partial charge in [-0.25, -0.2) is 0 Å². The molecule has 2 rings (SSSR count). The molecule has 0 amide bonds. The van der Waals surface area contributed by atoms with E-state index in [4.69, 9.17) is 0 Å². The van der Waals surface area contributed by atoms with Gasteiger partial charge in [0.05, 0.1) is 5.60 Å². The number of rotatable bonds is 9. The van der Waals surface area contributed by atoms with E-state index in [9.17, 15) is 5.11 Å². The van der Waals surface area contributed by atoms with E-state index in [1.165, 1.54) is 38.0 Å². The number of aliphatic hydroxyl groups is 1. The molecule has 0 aliphatic carbocycles. The molecule has 1 aliphatic heterocycles. The Morgan fingerprint density at radius 2 is 1.88 bits per heavy atom. The Morgan fingerprint density at radius 3 is 2.50 bits per heavy atom. The quantitative estimate of drug-likeness (QED) is 0.725.